The maximum Gasteiger partial charge on any atom is 0.314 e. The molecule has 0 radical (unpaired) electrons. The summed E-state index contributed by atoms with van der Waals surface area (Å²) in [5.41, 5.74) is 0.548. The van der Waals surface area contributed by atoms with Crippen molar-refractivity contribution in [2.24, 2.45) is 10.6 Å². The molecule has 0 bridgehead atoms. The Morgan fingerprint density at radius 3 is 2.96 bits per heavy atom. The zero-order chi connectivity index (χ0) is 19.4. The first kappa shape index (κ1) is 19.3. The van der Waals surface area contributed by atoms with Crippen LogP contribution in [-0.2, 0) is 19.2 Å². The van der Waals surface area contributed by atoms with Gasteiger partial charge in [-0.15, -0.1) is 0 Å². The van der Waals surface area contributed by atoms with Gasteiger partial charge in [-0.25, -0.2) is 4.39 Å². The third-order valence-corrected chi connectivity index (χ3v) is 5.24. The Kier molecular flexibility index (Phi) is 5.77. The minimum absolute atomic E-state index is 0.0487. The number of likely N-dealkylation sites (tertiary alicyclic amines) is 1. The molecule has 0 spiro atoms. The van der Waals surface area contributed by atoms with Crippen LogP contribution < -0.4 is 0 Å². The first-order valence-electron chi connectivity index (χ1n) is 9.35. The van der Waals surface area contributed by atoms with E-state index < -0.39 is 5.41 Å². The highest BCUT2D eigenvalue weighted by Crippen LogP contribution is 2.39. The second kappa shape index (κ2) is 8.06. The van der Waals surface area contributed by atoms with Crippen molar-refractivity contribution in [2.45, 2.75) is 45.6 Å². The summed E-state index contributed by atoms with van der Waals surface area (Å²) in [6.07, 6.45) is 1.98. The first-order chi connectivity index (χ1) is 12.9. The van der Waals surface area contributed by atoms with Gasteiger partial charge in [-0.3, -0.25) is 9.59 Å². The fraction of sp³-hybridized carbons (Fsp3) is 0.550. The van der Waals surface area contributed by atoms with Gasteiger partial charge < -0.3 is 14.5 Å². The van der Waals surface area contributed by atoms with Gasteiger partial charge >= 0.3 is 5.97 Å². The second-order valence-electron chi connectivity index (χ2n) is 7.23. The fourth-order valence-corrected chi connectivity index (χ4v) is 3.91. The predicted octanol–water partition coefficient (Wildman–Crippen LogP) is 2.90. The minimum Gasteiger partial charge on any atom is -0.466 e. The van der Waals surface area contributed by atoms with E-state index >= 15 is 0 Å². The van der Waals surface area contributed by atoms with Crippen LogP contribution in [0.15, 0.2) is 29.4 Å². The topological polar surface area (TPSA) is 68.2 Å². The van der Waals surface area contributed by atoms with Crippen molar-refractivity contribution in [2.75, 3.05) is 19.7 Å². The molecule has 3 rings (SSSR count). The molecule has 146 valence electrons. The number of esters is 1. The van der Waals surface area contributed by atoms with Crippen molar-refractivity contribution in [1.29, 1.82) is 0 Å². The molecule has 1 saturated heterocycles. The smallest absolute Gasteiger partial charge is 0.314 e. The standard InChI is InChI=1S/C20H25FN2O4/c1-3-26-19(25)20(8-5-9-23(13-20)14(2)24)12-17-11-18(22-27-17)15-6-4-7-16(21)10-15/h4,6-7,10,17H,3,5,8-9,11-13H2,1-2H3/t17-,20+/m0/s1. The van der Waals surface area contributed by atoms with E-state index in [0.29, 0.717) is 43.6 Å². The number of amides is 1. The Bertz CT molecular complexity index is 751. The number of carbonyl (C=O) groups excluding carboxylic acids is 2. The summed E-state index contributed by atoms with van der Waals surface area (Å²) in [6, 6.07) is 6.22. The number of hydrogen-bond acceptors (Lipinski definition) is 5. The SMILES string of the molecule is CCOC(=O)[C@@]1(C[C@@H]2CC(c3cccc(F)c3)=NO2)CCCN(C(C)=O)C1. The maximum atomic E-state index is 13.5. The average molecular weight is 376 g/mol. The Morgan fingerprint density at radius 1 is 1.44 bits per heavy atom. The van der Waals surface area contributed by atoms with Gasteiger partial charge in [0.05, 0.1) is 17.7 Å². The van der Waals surface area contributed by atoms with Gasteiger partial charge in [0.2, 0.25) is 5.91 Å². The monoisotopic (exact) mass is 376 g/mol. The number of oxime groups is 1. The number of benzene rings is 1. The van der Waals surface area contributed by atoms with E-state index in [2.05, 4.69) is 5.16 Å². The molecular formula is C20H25FN2O4. The first-order valence-corrected chi connectivity index (χ1v) is 9.35. The van der Waals surface area contributed by atoms with Crippen LogP contribution in [0.2, 0.25) is 0 Å². The zero-order valence-electron chi connectivity index (χ0n) is 15.7. The van der Waals surface area contributed by atoms with E-state index in [1.165, 1.54) is 19.1 Å². The van der Waals surface area contributed by atoms with Gasteiger partial charge in [0.25, 0.3) is 0 Å². The number of nitrogens with zero attached hydrogens (tertiary/aromatic N) is 2. The Morgan fingerprint density at radius 2 is 2.26 bits per heavy atom. The molecule has 7 heteroatoms. The summed E-state index contributed by atoms with van der Waals surface area (Å²) in [5, 5.41) is 4.10. The number of piperidine rings is 1. The number of carbonyl (C=O) groups is 2. The van der Waals surface area contributed by atoms with Crippen LogP contribution in [0.4, 0.5) is 4.39 Å². The number of halogens is 1. The van der Waals surface area contributed by atoms with E-state index in [0.717, 1.165) is 6.42 Å². The van der Waals surface area contributed by atoms with Gasteiger partial charge in [0.15, 0.2) is 0 Å². The summed E-state index contributed by atoms with van der Waals surface area (Å²) in [4.78, 5) is 31.9. The van der Waals surface area contributed by atoms with E-state index in [4.69, 9.17) is 9.57 Å². The van der Waals surface area contributed by atoms with Gasteiger partial charge in [0, 0.05) is 38.4 Å². The van der Waals surface area contributed by atoms with Crippen LogP contribution in [0.5, 0.6) is 0 Å². The van der Waals surface area contributed by atoms with Gasteiger partial charge in [-0.05, 0) is 31.9 Å². The van der Waals surface area contributed by atoms with Crippen LogP contribution in [0.1, 0.15) is 45.1 Å². The van der Waals surface area contributed by atoms with Crippen molar-refractivity contribution in [3.05, 3.63) is 35.6 Å². The third-order valence-electron chi connectivity index (χ3n) is 5.24. The van der Waals surface area contributed by atoms with Crippen LogP contribution in [0.25, 0.3) is 0 Å². The zero-order valence-corrected chi connectivity index (χ0v) is 15.7. The number of hydrogen-bond donors (Lipinski definition) is 0. The lowest BCUT2D eigenvalue weighted by molar-refractivity contribution is -0.163. The second-order valence-corrected chi connectivity index (χ2v) is 7.23. The summed E-state index contributed by atoms with van der Waals surface area (Å²) in [7, 11) is 0. The Hall–Kier alpha value is -2.44. The van der Waals surface area contributed by atoms with E-state index in [-0.39, 0.29) is 30.4 Å². The molecule has 0 aliphatic carbocycles. The van der Waals surface area contributed by atoms with Crippen LogP contribution in [0.3, 0.4) is 0 Å². The largest absolute Gasteiger partial charge is 0.466 e. The fourth-order valence-electron chi connectivity index (χ4n) is 3.91. The Labute approximate surface area is 158 Å². The highest BCUT2D eigenvalue weighted by atomic mass is 19.1. The molecule has 2 heterocycles. The molecule has 1 aromatic carbocycles. The number of rotatable bonds is 5. The summed E-state index contributed by atoms with van der Waals surface area (Å²) in [6.45, 7) is 4.55. The van der Waals surface area contributed by atoms with Gasteiger partial charge in [-0.1, -0.05) is 17.3 Å². The molecule has 1 fully saturated rings. The number of ether oxygens (including phenoxy) is 1. The van der Waals surface area contributed by atoms with Crippen molar-refractivity contribution in [3.8, 4) is 0 Å². The maximum absolute atomic E-state index is 13.5. The molecular weight excluding hydrogens is 351 g/mol. The van der Waals surface area contributed by atoms with Crippen molar-refractivity contribution in [1.82, 2.24) is 4.90 Å². The lowest BCUT2D eigenvalue weighted by Crippen LogP contribution is -2.51. The van der Waals surface area contributed by atoms with Crippen molar-refractivity contribution < 1.29 is 23.6 Å². The van der Waals surface area contributed by atoms with Crippen LogP contribution in [0, 0.1) is 11.2 Å². The van der Waals surface area contributed by atoms with Crippen LogP contribution >= 0.6 is 0 Å². The molecule has 0 N–H and O–H groups in total. The molecule has 2 aliphatic heterocycles. The third kappa shape index (κ3) is 4.28. The molecule has 1 amide bonds. The molecule has 1 aromatic rings. The van der Waals surface area contributed by atoms with Gasteiger partial charge in [-0.2, -0.15) is 0 Å². The molecule has 27 heavy (non-hydrogen) atoms. The quantitative estimate of drug-likeness (QED) is 0.741. The molecule has 0 unspecified atom stereocenters. The molecule has 6 nitrogen and oxygen atoms in total. The Balaban J connectivity index is 1.74. The van der Waals surface area contributed by atoms with E-state index in [1.54, 1.807) is 24.0 Å². The molecule has 2 aliphatic rings. The van der Waals surface area contributed by atoms with E-state index in [1.807, 2.05) is 0 Å². The minimum atomic E-state index is -0.794. The predicted molar refractivity (Wildman–Crippen MR) is 97.6 cm³/mol. The highest BCUT2D eigenvalue weighted by molar-refractivity contribution is 6.01. The molecule has 0 aromatic heterocycles. The average Bonchev–Trinajstić information content (AvgIpc) is 3.10. The molecule has 2 atom stereocenters. The summed E-state index contributed by atoms with van der Waals surface area (Å²) < 4.78 is 18.8. The highest BCUT2D eigenvalue weighted by Gasteiger charge is 2.47. The van der Waals surface area contributed by atoms with Crippen molar-refractivity contribution in [3.63, 3.8) is 0 Å². The summed E-state index contributed by atoms with van der Waals surface area (Å²) >= 11 is 0. The van der Waals surface area contributed by atoms with Crippen LogP contribution in [-0.4, -0.2) is 48.3 Å². The lowest BCUT2D eigenvalue weighted by atomic mass is 9.74. The lowest BCUT2D eigenvalue weighted by Gasteiger charge is -2.41. The summed E-state index contributed by atoms with van der Waals surface area (Å²) in [5.74, 6) is -0.669. The molecule has 0 saturated carbocycles. The normalized spacial score (nSPS) is 24.9. The van der Waals surface area contributed by atoms with Crippen molar-refractivity contribution >= 4 is 17.6 Å². The van der Waals surface area contributed by atoms with Gasteiger partial charge in [0.1, 0.15) is 11.9 Å². The van der Waals surface area contributed by atoms with E-state index in [9.17, 15) is 14.0 Å².